The highest BCUT2D eigenvalue weighted by atomic mass is 16.2. The highest BCUT2D eigenvalue weighted by Crippen LogP contribution is 2.36. The van der Waals surface area contributed by atoms with Gasteiger partial charge in [0.05, 0.1) is 23.9 Å². The van der Waals surface area contributed by atoms with Gasteiger partial charge in [-0.3, -0.25) is 14.7 Å². The first-order valence-electron chi connectivity index (χ1n) is 9.81. The van der Waals surface area contributed by atoms with Gasteiger partial charge in [-0.25, -0.2) is 4.79 Å². The molecule has 0 unspecified atom stereocenters. The Morgan fingerprint density at radius 2 is 1.86 bits per heavy atom. The smallest absolute Gasteiger partial charge is 0.322 e. The van der Waals surface area contributed by atoms with Gasteiger partial charge in [0.25, 0.3) is 5.91 Å². The van der Waals surface area contributed by atoms with E-state index >= 15 is 0 Å². The van der Waals surface area contributed by atoms with Gasteiger partial charge < -0.3 is 10.2 Å². The van der Waals surface area contributed by atoms with Crippen molar-refractivity contribution in [1.82, 2.24) is 20.1 Å². The fourth-order valence-electron chi connectivity index (χ4n) is 3.89. The first-order chi connectivity index (χ1) is 13.8. The zero-order valence-corrected chi connectivity index (χ0v) is 17.3. The quantitative estimate of drug-likeness (QED) is 0.874. The molecule has 2 aliphatic rings. The van der Waals surface area contributed by atoms with Crippen LogP contribution >= 0.6 is 0 Å². The molecule has 4 rings (SSSR count). The summed E-state index contributed by atoms with van der Waals surface area (Å²) < 4.78 is 0. The van der Waals surface area contributed by atoms with Gasteiger partial charge in [-0.15, -0.1) is 0 Å². The van der Waals surface area contributed by atoms with Gasteiger partial charge in [0.15, 0.2) is 0 Å². The number of carbonyl (C=O) groups excluding carboxylic acids is 2. The van der Waals surface area contributed by atoms with Gasteiger partial charge >= 0.3 is 6.03 Å². The van der Waals surface area contributed by atoms with Crippen LogP contribution in [0.15, 0.2) is 60.1 Å². The molecule has 0 spiro atoms. The van der Waals surface area contributed by atoms with Crippen LogP contribution < -0.4 is 5.32 Å². The zero-order valence-electron chi connectivity index (χ0n) is 17.3. The lowest BCUT2D eigenvalue weighted by molar-refractivity contribution is -0.126. The van der Waals surface area contributed by atoms with Crippen molar-refractivity contribution in [3.05, 3.63) is 76.8 Å². The standard InChI is InChI=1S/C23H26N4O2/c1-23(2,3)17-9-7-16(8-10-17)20-19-18(26(4)22(29)25-20)14-27(21(19)28)13-15-6-5-11-24-12-15/h5-12,20H,13-14H2,1-4H3,(H,25,29)/t20-/m1/s1. The molecule has 29 heavy (non-hydrogen) atoms. The molecule has 3 amide bonds. The second-order valence-electron chi connectivity index (χ2n) is 8.70. The van der Waals surface area contributed by atoms with Crippen molar-refractivity contribution < 1.29 is 9.59 Å². The Labute approximate surface area is 171 Å². The van der Waals surface area contributed by atoms with Crippen LogP contribution in [-0.4, -0.2) is 40.3 Å². The summed E-state index contributed by atoms with van der Waals surface area (Å²) in [7, 11) is 1.71. The minimum Gasteiger partial charge on any atom is -0.329 e. The van der Waals surface area contributed by atoms with E-state index in [0.717, 1.165) is 16.8 Å². The monoisotopic (exact) mass is 390 g/mol. The van der Waals surface area contributed by atoms with Gasteiger partial charge in [0, 0.05) is 26.0 Å². The summed E-state index contributed by atoms with van der Waals surface area (Å²) in [5, 5.41) is 3.00. The molecular weight excluding hydrogens is 364 g/mol. The molecule has 6 heteroatoms. The Kier molecular flexibility index (Phi) is 4.65. The maximum atomic E-state index is 13.3. The first-order valence-corrected chi connectivity index (χ1v) is 9.81. The fraction of sp³-hybridized carbons (Fsp3) is 0.348. The Morgan fingerprint density at radius 3 is 2.48 bits per heavy atom. The predicted octanol–water partition coefficient (Wildman–Crippen LogP) is 3.37. The number of aromatic nitrogens is 1. The summed E-state index contributed by atoms with van der Waals surface area (Å²) >= 11 is 0. The van der Waals surface area contributed by atoms with Crippen molar-refractivity contribution in [2.45, 2.75) is 38.8 Å². The van der Waals surface area contributed by atoms with Crippen LogP contribution in [0.5, 0.6) is 0 Å². The lowest BCUT2D eigenvalue weighted by atomic mass is 9.85. The van der Waals surface area contributed by atoms with Crippen LogP contribution in [0.2, 0.25) is 0 Å². The fourth-order valence-corrected chi connectivity index (χ4v) is 3.89. The largest absolute Gasteiger partial charge is 0.329 e. The Bertz CT molecular complexity index is 974. The molecule has 3 heterocycles. The van der Waals surface area contributed by atoms with Gasteiger partial charge in [-0.05, 0) is 28.2 Å². The van der Waals surface area contributed by atoms with Crippen molar-refractivity contribution in [2.24, 2.45) is 0 Å². The average molecular weight is 390 g/mol. The predicted molar refractivity (Wildman–Crippen MR) is 111 cm³/mol. The third-order valence-electron chi connectivity index (χ3n) is 5.64. The summed E-state index contributed by atoms with van der Waals surface area (Å²) in [6.07, 6.45) is 3.48. The maximum Gasteiger partial charge on any atom is 0.322 e. The molecule has 0 fully saturated rings. The number of hydrogen-bond acceptors (Lipinski definition) is 3. The Hall–Kier alpha value is -3.15. The molecule has 2 aromatic rings. The van der Waals surface area contributed by atoms with E-state index in [1.54, 1.807) is 29.2 Å². The van der Waals surface area contributed by atoms with E-state index in [-0.39, 0.29) is 17.4 Å². The number of nitrogens with zero attached hydrogens (tertiary/aromatic N) is 3. The van der Waals surface area contributed by atoms with Crippen LogP contribution in [0.3, 0.4) is 0 Å². The van der Waals surface area contributed by atoms with E-state index in [4.69, 9.17) is 0 Å². The summed E-state index contributed by atoms with van der Waals surface area (Å²) in [6, 6.07) is 11.4. The van der Waals surface area contributed by atoms with Gasteiger partial charge in [-0.2, -0.15) is 0 Å². The van der Waals surface area contributed by atoms with Gasteiger partial charge in [0.2, 0.25) is 0 Å². The Morgan fingerprint density at radius 1 is 1.14 bits per heavy atom. The number of nitrogens with one attached hydrogen (secondary N) is 1. The summed E-state index contributed by atoms with van der Waals surface area (Å²) in [5.74, 6) is -0.0411. The molecule has 0 bridgehead atoms. The number of hydrogen-bond donors (Lipinski definition) is 1. The van der Waals surface area contributed by atoms with E-state index < -0.39 is 6.04 Å². The second kappa shape index (κ2) is 7.03. The van der Waals surface area contributed by atoms with Gasteiger partial charge in [0.1, 0.15) is 0 Å². The van der Waals surface area contributed by atoms with Crippen molar-refractivity contribution in [3.63, 3.8) is 0 Å². The van der Waals surface area contributed by atoms with E-state index in [9.17, 15) is 9.59 Å². The molecular formula is C23H26N4O2. The van der Waals surface area contributed by atoms with E-state index in [1.165, 1.54) is 5.56 Å². The number of pyridine rings is 1. The van der Waals surface area contributed by atoms with E-state index in [2.05, 4.69) is 43.2 Å². The van der Waals surface area contributed by atoms with Crippen LogP contribution in [0.4, 0.5) is 4.79 Å². The Balaban J connectivity index is 1.65. The van der Waals surface area contributed by atoms with Crippen LogP contribution in [-0.2, 0) is 16.8 Å². The minimum absolute atomic E-state index is 0.0411. The number of carbonyl (C=O) groups is 2. The molecule has 1 aromatic carbocycles. The summed E-state index contributed by atoms with van der Waals surface area (Å²) in [4.78, 5) is 33.3. The number of benzene rings is 1. The SMILES string of the molecule is CN1C(=O)N[C@H](c2ccc(C(C)(C)C)cc2)C2=C1CN(Cc1cccnc1)C2=O. The summed E-state index contributed by atoms with van der Waals surface area (Å²) in [5.41, 5.74) is 4.57. The van der Waals surface area contributed by atoms with E-state index in [1.807, 2.05) is 24.3 Å². The van der Waals surface area contributed by atoms with Crippen LogP contribution in [0.25, 0.3) is 0 Å². The molecule has 1 N–H and O–H groups in total. The number of urea groups is 1. The zero-order chi connectivity index (χ0) is 20.8. The molecule has 0 saturated carbocycles. The average Bonchev–Trinajstić information content (AvgIpc) is 3.02. The van der Waals surface area contributed by atoms with Crippen molar-refractivity contribution in [3.8, 4) is 0 Å². The first kappa shape index (κ1) is 19.2. The van der Waals surface area contributed by atoms with E-state index in [0.29, 0.717) is 18.7 Å². The minimum atomic E-state index is -0.436. The molecule has 1 atom stereocenters. The molecule has 0 saturated heterocycles. The van der Waals surface area contributed by atoms with Crippen LogP contribution in [0, 0.1) is 0 Å². The number of rotatable bonds is 3. The third-order valence-corrected chi connectivity index (χ3v) is 5.64. The lowest BCUT2D eigenvalue weighted by Gasteiger charge is -2.31. The normalized spacial score (nSPS) is 19.5. The number of amides is 3. The van der Waals surface area contributed by atoms with Crippen LogP contribution in [0.1, 0.15) is 43.5 Å². The summed E-state index contributed by atoms with van der Waals surface area (Å²) in [6.45, 7) is 7.38. The number of likely N-dealkylation sites (N-methyl/N-ethyl adjacent to an activating group) is 1. The van der Waals surface area contributed by atoms with Crippen molar-refractivity contribution in [1.29, 1.82) is 0 Å². The van der Waals surface area contributed by atoms with Crippen molar-refractivity contribution >= 4 is 11.9 Å². The molecule has 0 radical (unpaired) electrons. The third kappa shape index (κ3) is 3.50. The van der Waals surface area contributed by atoms with Gasteiger partial charge in [-0.1, -0.05) is 51.1 Å². The maximum absolute atomic E-state index is 13.3. The molecule has 0 aliphatic carbocycles. The molecule has 6 nitrogen and oxygen atoms in total. The second-order valence-corrected chi connectivity index (χ2v) is 8.70. The molecule has 1 aromatic heterocycles. The molecule has 150 valence electrons. The highest BCUT2D eigenvalue weighted by molar-refractivity contribution is 6.01. The van der Waals surface area contributed by atoms with Crippen molar-refractivity contribution in [2.75, 3.05) is 13.6 Å². The highest BCUT2D eigenvalue weighted by Gasteiger charge is 2.42. The topological polar surface area (TPSA) is 65.5 Å². The lowest BCUT2D eigenvalue weighted by Crippen LogP contribution is -2.45. The molecule has 2 aliphatic heterocycles.